The second kappa shape index (κ2) is 5.51. The van der Waals surface area contributed by atoms with E-state index < -0.39 is 0 Å². The van der Waals surface area contributed by atoms with Crippen molar-refractivity contribution in [2.75, 3.05) is 11.1 Å². The zero-order valence-corrected chi connectivity index (χ0v) is 11.7. The van der Waals surface area contributed by atoms with Gasteiger partial charge < -0.3 is 11.1 Å². The average molecular weight is 295 g/mol. The molecule has 1 amide bonds. The molecule has 3 N–H and O–H groups in total. The maximum absolute atomic E-state index is 12.1. The van der Waals surface area contributed by atoms with Gasteiger partial charge >= 0.3 is 0 Å². The number of carbonyl (C=O) groups excluding carboxylic acids is 1. The van der Waals surface area contributed by atoms with Crippen molar-refractivity contribution in [1.29, 1.82) is 0 Å². The number of nitrogen functional groups attached to an aromatic ring is 1. The Morgan fingerprint density at radius 1 is 1.16 bits per heavy atom. The summed E-state index contributed by atoms with van der Waals surface area (Å²) < 4.78 is 0. The number of anilines is 2. The molecule has 0 aliphatic rings. The summed E-state index contributed by atoms with van der Waals surface area (Å²) >= 11 is 11.8. The number of carbonyl (C=O) groups is 1. The predicted octanol–water partition coefficient (Wildman–Crippen LogP) is 4.14. The van der Waals surface area contributed by atoms with E-state index in [0.29, 0.717) is 27.0 Å². The third-order valence-electron chi connectivity index (χ3n) is 2.77. The minimum atomic E-state index is -0.256. The Bertz CT molecular complexity index is 641. The lowest BCUT2D eigenvalue weighted by Crippen LogP contribution is -2.13. The molecule has 0 aromatic heterocycles. The van der Waals surface area contributed by atoms with Crippen LogP contribution in [-0.2, 0) is 0 Å². The SMILES string of the molecule is Cc1c(Cl)cccc1NC(=O)c1ccc(Cl)c(N)c1. The van der Waals surface area contributed by atoms with Crippen LogP contribution < -0.4 is 11.1 Å². The zero-order chi connectivity index (χ0) is 14.0. The minimum Gasteiger partial charge on any atom is -0.398 e. The molecule has 0 aliphatic heterocycles. The number of amides is 1. The Morgan fingerprint density at radius 3 is 2.58 bits per heavy atom. The van der Waals surface area contributed by atoms with Crippen LogP contribution in [0.3, 0.4) is 0 Å². The van der Waals surface area contributed by atoms with Gasteiger partial charge in [0.15, 0.2) is 0 Å². The van der Waals surface area contributed by atoms with Gasteiger partial charge in [-0.05, 0) is 42.8 Å². The number of halogens is 2. The molecule has 3 nitrogen and oxygen atoms in total. The molecule has 19 heavy (non-hydrogen) atoms. The molecule has 2 aromatic carbocycles. The summed E-state index contributed by atoms with van der Waals surface area (Å²) in [4.78, 5) is 12.1. The van der Waals surface area contributed by atoms with E-state index in [0.717, 1.165) is 5.56 Å². The van der Waals surface area contributed by atoms with Crippen molar-refractivity contribution in [3.8, 4) is 0 Å². The van der Waals surface area contributed by atoms with Crippen molar-refractivity contribution >= 4 is 40.5 Å². The van der Waals surface area contributed by atoms with E-state index in [-0.39, 0.29) is 5.91 Å². The largest absolute Gasteiger partial charge is 0.398 e. The normalized spacial score (nSPS) is 10.3. The van der Waals surface area contributed by atoms with Crippen molar-refractivity contribution in [1.82, 2.24) is 0 Å². The van der Waals surface area contributed by atoms with Gasteiger partial charge in [0, 0.05) is 16.3 Å². The zero-order valence-electron chi connectivity index (χ0n) is 10.2. The number of rotatable bonds is 2. The first-order valence-electron chi connectivity index (χ1n) is 5.60. The van der Waals surface area contributed by atoms with Crippen LogP contribution in [0.15, 0.2) is 36.4 Å². The average Bonchev–Trinajstić information content (AvgIpc) is 2.38. The summed E-state index contributed by atoms with van der Waals surface area (Å²) in [5.74, 6) is -0.256. The van der Waals surface area contributed by atoms with Gasteiger partial charge in [0.1, 0.15) is 0 Å². The number of benzene rings is 2. The highest BCUT2D eigenvalue weighted by Gasteiger charge is 2.10. The third-order valence-corrected chi connectivity index (χ3v) is 3.53. The molecule has 0 bridgehead atoms. The first kappa shape index (κ1) is 13.7. The first-order chi connectivity index (χ1) is 8.99. The molecule has 98 valence electrons. The van der Waals surface area contributed by atoms with Gasteiger partial charge in [0.25, 0.3) is 5.91 Å². The lowest BCUT2D eigenvalue weighted by Gasteiger charge is -2.10. The highest BCUT2D eigenvalue weighted by molar-refractivity contribution is 6.33. The molecule has 0 aliphatic carbocycles. The third kappa shape index (κ3) is 3.00. The highest BCUT2D eigenvalue weighted by atomic mass is 35.5. The van der Waals surface area contributed by atoms with Crippen LogP contribution >= 0.6 is 23.2 Å². The van der Waals surface area contributed by atoms with Gasteiger partial charge in [-0.2, -0.15) is 0 Å². The number of nitrogens with one attached hydrogen (secondary N) is 1. The Labute approximate surface area is 121 Å². The van der Waals surface area contributed by atoms with Crippen molar-refractivity contribution in [2.45, 2.75) is 6.92 Å². The molecule has 0 spiro atoms. The van der Waals surface area contributed by atoms with E-state index in [2.05, 4.69) is 5.32 Å². The van der Waals surface area contributed by atoms with E-state index in [1.807, 2.05) is 6.92 Å². The molecule has 0 saturated carbocycles. The molecule has 0 atom stereocenters. The van der Waals surface area contributed by atoms with Crippen molar-refractivity contribution in [3.05, 3.63) is 57.6 Å². The highest BCUT2D eigenvalue weighted by Crippen LogP contribution is 2.24. The van der Waals surface area contributed by atoms with Crippen molar-refractivity contribution in [2.24, 2.45) is 0 Å². The number of hydrogen-bond acceptors (Lipinski definition) is 2. The van der Waals surface area contributed by atoms with E-state index in [4.69, 9.17) is 28.9 Å². The van der Waals surface area contributed by atoms with Crippen LogP contribution in [0.2, 0.25) is 10.0 Å². The number of nitrogens with two attached hydrogens (primary N) is 1. The smallest absolute Gasteiger partial charge is 0.255 e. The fourth-order valence-corrected chi connectivity index (χ4v) is 1.91. The first-order valence-corrected chi connectivity index (χ1v) is 6.36. The maximum Gasteiger partial charge on any atom is 0.255 e. The second-order valence-corrected chi connectivity index (χ2v) is 4.92. The topological polar surface area (TPSA) is 55.1 Å². The predicted molar refractivity (Wildman–Crippen MR) is 80.0 cm³/mol. The van der Waals surface area contributed by atoms with Crippen molar-refractivity contribution in [3.63, 3.8) is 0 Å². The molecule has 0 saturated heterocycles. The molecule has 5 heteroatoms. The van der Waals surface area contributed by atoms with Gasteiger partial charge in [0.05, 0.1) is 10.7 Å². The molecule has 2 rings (SSSR count). The summed E-state index contributed by atoms with van der Waals surface area (Å²) in [5, 5.41) is 3.82. The molecule has 0 radical (unpaired) electrons. The summed E-state index contributed by atoms with van der Waals surface area (Å²) in [5.41, 5.74) is 7.98. The van der Waals surface area contributed by atoms with E-state index in [9.17, 15) is 4.79 Å². The van der Waals surface area contributed by atoms with Gasteiger partial charge in [-0.3, -0.25) is 4.79 Å². The maximum atomic E-state index is 12.1. The molecule has 2 aromatic rings. The van der Waals surface area contributed by atoms with Crippen LogP contribution in [0, 0.1) is 6.92 Å². The molecule has 0 unspecified atom stereocenters. The Kier molecular flexibility index (Phi) is 3.98. The van der Waals surface area contributed by atoms with Gasteiger partial charge in [-0.1, -0.05) is 29.3 Å². The lowest BCUT2D eigenvalue weighted by atomic mass is 10.1. The Morgan fingerprint density at radius 2 is 1.89 bits per heavy atom. The fraction of sp³-hybridized carbons (Fsp3) is 0.0714. The van der Waals surface area contributed by atoms with E-state index in [1.54, 1.807) is 30.3 Å². The standard InChI is InChI=1S/C14H12Cl2N2O/c1-8-10(15)3-2-4-13(8)18-14(19)9-5-6-11(16)12(17)7-9/h2-7H,17H2,1H3,(H,18,19). The van der Waals surface area contributed by atoms with Crippen LogP contribution in [0.25, 0.3) is 0 Å². The molecule has 0 fully saturated rings. The van der Waals surface area contributed by atoms with E-state index >= 15 is 0 Å². The summed E-state index contributed by atoms with van der Waals surface area (Å²) in [6, 6.07) is 10.1. The molecule has 0 heterocycles. The summed E-state index contributed by atoms with van der Waals surface area (Å²) in [7, 11) is 0. The van der Waals surface area contributed by atoms with Crippen LogP contribution in [0.4, 0.5) is 11.4 Å². The lowest BCUT2D eigenvalue weighted by molar-refractivity contribution is 0.102. The minimum absolute atomic E-state index is 0.256. The molecular formula is C14H12Cl2N2O. The second-order valence-electron chi connectivity index (χ2n) is 4.10. The summed E-state index contributed by atoms with van der Waals surface area (Å²) in [6.45, 7) is 1.84. The number of hydrogen-bond donors (Lipinski definition) is 2. The summed E-state index contributed by atoms with van der Waals surface area (Å²) in [6.07, 6.45) is 0. The van der Waals surface area contributed by atoms with Crippen LogP contribution in [0.1, 0.15) is 15.9 Å². The quantitative estimate of drug-likeness (QED) is 0.818. The van der Waals surface area contributed by atoms with Gasteiger partial charge in [-0.15, -0.1) is 0 Å². The van der Waals surface area contributed by atoms with Crippen LogP contribution in [-0.4, -0.2) is 5.91 Å². The monoisotopic (exact) mass is 294 g/mol. The van der Waals surface area contributed by atoms with Gasteiger partial charge in [-0.25, -0.2) is 0 Å². The van der Waals surface area contributed by atoms with E-state index in [1.165, 1.54) is 6.07 Å². The Balaban J connectivity index is 2.26. The van der Waals surface area contributed by atoms with Gasteiger partial charge in [0.2, 0.25) is 0 Å². The fourth-order valence-electron chi connectivity index (χ4n) is 1.62. The molecular weight excluding hydrogens is 283 g/mol. The van der Waals surface area contributed by atoms with Crippen LogP contribution in [0.5, 0.6) is 0 Å². The van der Waals surface area contributed by atoms with Crippen molar-refractivity contribution < 1.29 is 4.79 Å². The Hall–Kier alpha value is -1.71.